The van der Waals surface area contributed by atoms with Crippen LogP contribution in [0.1, 0.15) is 41.5 Å². The van der Waals surface area contributed by atoms with E-state index in [2.05, 4.69) is 64.3 Å². The molecule has 0 saturated heterocycles. The van der Waals surface area contributed by atoms with Gasteiger partial charge in [-0.3, -0.25) is 10.9 Å². The number of hydrazone groups is 2. The van der Waals surface area contributed by atoms with Crippen molar-refractivity contribution in [3.8, 4) is 0 Å². The summed E-state index contributed by atoms with van der Waals surface area (Å²) in [4.78, 5) is 2.32. The minimum absolute atomic E-state index is 0.501. The first-order chi connectivity index (χ1) is 11.8. The smallest absolute Gasteiger partial charge is 0.187 e. The van der Waals surface area contributed by atoms with E-state index >= 15 is 0 Å². The lowest BCUT2D eigenvalue weighted by Gasteiger charge is -2.18. The van der Waals surface area contributed by atoms with Crippen molar-refractivity contribution < 1.29 is 0 Å². The molecule has 0 rings (SSSR count). The number of rotatable bonds is 10. The highest BCUT2D eigenvalue weighted by Crippen LogP contribution is 1.88. The maximum atomic E-state index is 5.21. The van der Waals surface area contributed by atoms with E-state index < -0.39 is 0 Å². The lowest BCUT2D eigenvalue weighted by Crippen LogP contribution is -2.39. The molecule has 0 radical (unpaired) electrons. The summed E-state index contributed by atoms with van der Waals surface area (Å²) in [6.07, 6.45) is 0. The molecular weight excluding hydrogens is 354 g/mol. The molecular formula is C16H33N7S2. The van der Waals surface area contributed by atoms with Crippen molar-refractivity contribution in [3.63, 3.8) is 0 Å². The summed E-state index contributed by atoms with van der Waals surface area (Å²) in [5, 5.41) is 15.7. The Morgan fingerprint density at radius 2 is 1.40 bits per heavy atom. The van der Waals surface area contributed by atoms with Gasteiger partial charge in [-0.2, -0.15) is 10.2 Å². The standard InChI is InChI=1S/C16H33N7S2/c1-7-23(8-2)10-9-17-15(24)21-19-13(5)14(6)20-22-16(25)18-11-12(3)4/h12H,7-11H2,1-6H3,(H2,17,21,24)(H2,18,22,25)/b19-13-,20-14-. The molecule has 0 unspecified atom stereocenters. The van der Waals surface area contributed by atoms with Crippen molar-refractivity contribution >= 4 is 46.1 Å². The van der Waals surface area contributed by atoms with E-state index in [-0.39, 0.29) is 0 Å². The summed E-state index contributed by atoms with van der Waals surface area (Å²) in [6.45, 7) is 16.8. The minimum Gasteiger partial charge on any atom is -0.361 e. The highest BCUT2D eigenvalue weighted by molar-refractivity contribution is 7.80. The molecule has 7 nitrogen and oxygen atoms in total. The van der Waals surface area contributed by atoms with Crippen molar-refractivity contribution in [3.05, 3.63) is 0 Å². The Morgan fingerprint density at radius 3 is 1.84 bits per heavy atom. The van der Waals surface area contributed by atoms with Crippen molar-refractivity contribution in [1.82, 2.24) is 26.4 Å². The average Bonchev–Trinajstić information content (AvgIpc) is 2.59. The van der Waals surface area contributed by atoms with Crippen molar-refractivity contribution in [1.29, 1.82) is 0 Å². The molecule has 0 fully saturated rings. The summed E-state index contributed by atoms with van der Waals surface area (Å²) in [6, 6.07) is 0. The van der Waals surface area contributed by atoms with Crippen LogP contribution < -0.4 is 21.5 Å². The Bertz CT molecular complexity index is 471. The van der Waals surface area contributed by atoms with Crippen LogP contribution in [-0.2, 0) is 0 Å². The molecule has 0 heterocycles. The molecule has 0 atom stereocenters. The van der Waals surface area contributed by atoms with Crippen LogP contribution in [0.4, 0.5) is 0 Å². The van der Waals surface area contributed by atoms with E-state index in [1.165, 1.54) is 0 Å². The zero-order chi connectivity index (χ0) is 19.2. The van der Waals surface area contributed by atoms with Gasteiger partial charge in [0.2, 0.25) is 0 Å². The maximum Gasteiger partial charge on any atom is 0.187 e. The van der Waals surface area contributed by atoms with Gasteiger partial charge in [-0.15, -0.1) is 0 Å². The second-order valence-electron chi connectivity index (χ2n) is 6.00. The maximum absolute atomic E-state index is 5.21. The largest absolute Gasteiger partial charge is 0.361 e. The van der Waals surface area contributed by atoms with Crippen molar-refractivity contribution in [2.24, 2.45) is 16.1 Å². The molecule has 0 aliphatic heterocycles. The molecule has 4 N–H and O–H groups in total. The average molecular weight is 388 g/mol. The summed E-state index contributed by atoms with van der Waals surface area (Å²) in [7, 11) is 0. The summed E-state index contributed by atoms with van der Waals surface area (Å²) in [5.41, 5.74) is 7.10. The fraction of sp³-hybridized carbons (Fsp3) is 0.750. The molecule has 0 bridgehead atoms. The van der Waals surface area contributed by atoms with Gasteiger partial charge in [-0.25, -0.2) is 0 Å². The topological polar surface area (TPSA) is 76.1 Å². The molecule has 144 valence electrons. The van der Waals surface area contributed by atoms with Gasteiger partial charge in [-0.1, -0.05) is 27.7 Å². The van der Waals surface area contributed by atoms with E-state index in [0.717, 1.165) is 44.1 Å². The zero-order valence-electron chi connectivity index (χ0n) is 16.3. The summed E-state index contributed by atoms with van der Waals surface area (Å²) in [5.74, 6) is 0.521. The minimum atomic E-state index is 0.501. The molecule has 0 aromatic carbocycles. The number of hydrogen-bond donors (Lipinski definition) is 4. The van der Waals surface area contributed by atoms with Gasteiger partial charge < -0.3 is 15.5 Å². The van der Waals surface area contributed by atoms with Crippen LogP contribution in [0.5, 0.6) is 0 Å². The van der Waals surface area contributed by atoms with Crippen LogP contribution in [0, 0.1) is 5.92 Å². The molecule has 0 aliphatic rings. The van der Waals surface area contributed by atoms with E-state index in [4.69, 9.17) is 24.4 Å². The lowest BCUT2D eigenvalue weighted by atomic mass is 10.2. The lowest BCUT2D eigenvalue weighted by molar-refractivity contribution is 0.308. The first-order valence-corrected chi connectivity index (χ1v) is 9.50. The fourth-order valence-electron chi connectivity index (χ4n) is 1.67. The Labute approximate surface area is 163 Å². The first kappa shape index (κ1) is 23.7. The van der Waals surface area contributed by atoms with Crippen molar-refractivity contribution in [2.45, 2.75) is 41.5 Å². The molecule has 0 aromatic heterocycles. The molecule has 0 amide bonds. The monoisotopic (exact) mass is 387 g/mol. The summed E-state index contributed by atoms with van der Waals surface area (Å²) >= 11 is 10.4. The van der Waals surface area contributed by atoms with Gasteiger partial charge in [0.25, 0.3) is 0 Å². The highest BCUT2D eigenvalue weighted by Gasteiger charge is 2.02. The fourth-order valence-corrected chi connectivity index (χ4v) is 1.95. The van der Waals surface area contributed by atoms with E-state index in [9.17, 15) is 0 Å². The Morgan fingerprint density at radius 1 is 0.920 bits per heavy atom. The van der Waals surface area contributed by atoms with Crippen molar-refractivity contribution in [2.75, 3.05) is 32.7 Å². The molecule has 0 spiro atoms. The number of hydrogen-bond acceptors (Lipinski definition) is 5. The Balaban J connectivity index is 4.21. The van der Waals surface area contributed by atoms with Gasteiger partial charge >= 0.3 is 0 Å². The molecule has 25 heavy (non-hydrogen) atoms. The quantitative estimate of drug-likeness (QED) is 0.258. The number of nitrogens with one attached hydrogen (secondary N) is 4. The third kappa shape index (κ3) is 12.7. The van der Waals surface area contributed by atoms with Crippen LogP contribution in [-0.4, -0.2) is 59.3 Å². The van der Waals surface area contributed by atoms with Crippen LogP contribution in [0.2, 0.25) is 0 Å². The zero-order valence-corrected chi connectivity index (χ0v) is 17.9. The van der Waals surface area contributed by atoms with E-state index in [1.807, 2.05) is 13.8 Å². The number of likely N-dealkylation sites (N-methyl/N-ethyl adjacent to an activating group) is 1. The molecule has 0 aliphatic carbocycles. The Kier molecular flexibility index (Phi) is 13.2. The predicted octanol–water partition coefficient (Wildman–Crippen LogP) is 1.66. The van der Waals surface area contributed by atoms with E-state index in [0.29, 0.717) is 16.1 Å². The SMILES string of the molecule is CCN(CC)CCNC(=S)N/N=C(C)\C(C)=N/NC(=S)NCC(C)C. The number of thiocarbonyl (C=S) groups is 2. The van der Waals surface area contributed by atoms with Gasteiger partial charge in [0, 0.05) is 19.6 Å². The molecule has 0 saturated carbocycles. The number of nitrogens with zero attached hydrogens (tertiary/aromatic N) is 3. The van der Waals surface area contributed by atoms with E-state index in [1.54, 1.807) is 0 Å². The highest BCUT2D eigenvalue weighted by atomic mass is 32.1. The van der Waals surface area contributed by atoms with Crippen LogP contribution >= 0.6 is 24.4 Å². The normalized spacial score (nSPS) is 12.3. The second kappa shape index (κ2) is 13.9. The third-order valence-electron chi connectivity index (χ3n) is 3.45. The van der Waals surface area contributed by atoms with Gasteiger partial charge in [0.15, 0.2) is 10.2 Å². The molecule has 9 heteroatoms. The summed E-state index contributed by atoms with van der Waals surface area (Å²) < 4.78 is 0. The van der Waals surface area contributed by atoms with Crippen LogP contribution in [0.3, 0.4) is 0 Å². The van der Waals surface area contributed by atoms with Gasteiger partial charge in [0.1, 0.15) is 0 Å². The van der Waals surface area contributed by atoms with Gasteiger partial charge in [0.05, 0.1) is 11.4 Å². The first-order valence-electron chi connectivity index (χ1n) is 8.69. The van der Waals surface area contributed by atoms with Crippen LogP contribution in [0.25, 0.3) is 0 Å². The second-order valence-corrected chi connectivity index (χ2v) is 6.82. The Hall–Kier alpha value is -1.32. The predicted molar refractivity (Wildman–Crippen MR) is 116 cm³/mol. The molecule has 0 aromatic rings. The van der Waals surface area contributed by atoms with Gasteiger partial charge in [-0.05, 0) is 57.3 Å². The third-order valence-corrected chi connectivity index (χ3v) is 3.92. The van der Waals surface area contributed by atoms with Crippen LogP contribution in [0.15, 0.2) is 10.2 Å².